The maximum atomic E-state index is 10.9. The standard InChI is InChI=1S/C45H25N5/c46-26-29-21-23-44-38(24-29)36-14-5-8-18-42(36)49(44)43-19-9-15-33(39(43)28-48)31-10-1-2-11-32(31)34-12-3-6-16-40(34)50-41-17-7-4-13-35(41)37-22-20-30(27-47)25-45(37)50/h1-25H. The predicted octanol–water partition coefficient (Wildman–Crippen LogP) is 10.8. The highest BCUT2D eigenvalue weighted by atomic mass is 15.0. The summed E-state index contributed by atoms with van der Waals surface area (Å²) < 4.78 is 4.38. The van der Waals surface area contributed by atoms with Gasteiger partial charge in [-0.1, -0.05) is 97.1 Å². The van der Waals surface area contributed by atoms with E-state index in [9.17, 15) is 15.8 Å². The van der Waals surface area contributed by atoms with Gasteiger partial charge in [0.1, 0.15) is 6.07 Å². The molecule has 0 saturated heterocycles. The van der Waals surface area contributed by atoms with E-state index in [4.69, 9.17) is 0 Å². The average Bonchev–Trinajstić information content (AvgIpc) is 3.69. The average molecular weight is 636 g/mol. The third-order valence-corrected chi connectivity index (χ3v) is 9.65. The molecule has 2 heterocycles. The lowest BCUT2D eigenvalue weighted by molar-refractivity contribution is 1.17. The quantitative estimate of drug-likeness (QED) is 0.193. The van der Waals surface area contributed by atoms with Crippen LogP contribution in [-0.2, 0) is 0 Å². The van der Waals surface area contributed by atoms with Crippen LogP contribution in [0.1, 0.15) is 16.7 Å². The van der Waals surface area contributed by atoms with E-state index >= 15 is 0 Å². The first-order valence-electron chi connectivity index (χ1n) is 16.3. The second kappa shape index (κ2) is 11.4. The Balaban J connectivity index is 1.30. The Labute approximate surface area is 287 Å². The van der Waals surface area contributed by atoms with Crippen LogP contribution in [0.25, 0.3) is 77.2 Å². The number of nitrogens with zero attached hydrogens (tertiary/aromatic N) is 5. The lowest BCUT2D eigenvalue weighted by atomic mass is 9.90. The maximum Gasteiger partial charge on any atom is 0.102 e. The minimum absolute atomic E-state index is 0.556. The zero-order valence-corrected chi connectivity index (χ0v) is 26.7. The van der Waals surface area contributed by atoms with E-state index in [1.807, 2.05) is 103 Å². The number of para-hydroxylation sites is 3. The molecule has 230 valence electrons. The first-order valence-corrected chi connectivity index (χ1v) is 16.3. The lowest BCUT2D eigenvalue weighted by Gasteiger charge is -2.19. The molecule has 0 aliphatic rings. The van der Waals surface area contributed by atoms with Crippen LogP contribution in [0, 0.1) is 34.0 Å². The van der Waals surface area contributed by atoms with Crippen LogP contribution in [0.5, 0.6) is 0 Å². The molecule has 2 aromatic heterocycles. The van der Waals surface area contributed by atoms with E-state index in [2.05, 4.69) is 75.9 Å². The number of aromatic nitrogens is 2. The summed E-state index contributed by atoms with van der Waals surface area (Å²) in [5.74, 6) is 0. The van der Waals surface area contributed by atoms with Gasteiger partial charge in [0.15, 0.2) is 0 Å². The smallest absolute Gasteiger partial charge is 0.102 e. The number of rotatable bonds is 4. The molecule has 50 heavy (non-hydrogen) atoms. The highest BCUT2D eigenvalue weighted by Crippen LogP contribution is 2.42. The zero-order valence-electron chi connectivity index (χ0n) is 26.7. The fraction of sp³-hybridized carbons (Fsp3) is 0. The fourth-order valence-corrected chi connectivity index (χ4v) is 7.52. The lowest BCUT2D eigenvalue weighted by Crippen LogP contribution is -2.01. The van der Waals surface area contributed by atoms with Gasteiger partial charge in [-0.15, -0.1) is 0 Å². The van der Waals surface area contributed by atoms with Gasteiger partial charge < -0.3 is 9.13 Å². The molecular weight excluding hydrogens is 611 g/mol. The molecule has 0 aliphatic heterocycles. The van der Waals surface area contributed by atoms with Gasteiger partial charge >= 0.3 is 0 Å². The molecule has 9 aromatic rings. The largest absolute Gasteiger partial charge is 0.309 e. The summed E-state index contributed by atoms with van der Waals surface area (Å²) in [6.45, 7) is 0. The van der Waals surface area contributed by atoms with Crippen molar-refractivity contribution in [1.29, 1.82) is 15.8 Å². The van der Waals surface area contributed by atoms with E-state index in [0.29, 0.717) is 16.7 Å². The predicted molar refractivity (Wildman–Crippen MR) is 200 cm³/mol. The summed E-state index contributed by atoms with van der Waals surface area (Å²) >= 11 is 0. The van der Waals surface area contributed by atoms with Crippen LogP contribution in [0.4, 0.5) is 0 Å². The van der Waals surface area contributed by atoms with Gasteiger partial charge in [-0.3, -0.25) is 0 Å². The minimum Gasteiger partial charge on any atom is -0.309 e. The Bertz CT molecular complexity index is 2970. The Morgan fingerprint density at radius 2 is 0.840 bits per heavy atom. The van der Waals surface area contributed by atoms with Crippen molar-refractivity contribution < 1.29 is 0 Å². The third-order valence-electron chi connectivity index (χ3n) is 9.65. The molecule has 0 saturated carbocycles. The van der Waals surface area contributed by atoms with Gasteiger partial charge in [-0.25, -0.2) is 0 Å². The van der Waals surface area contributed by atoms with Gasteiger partial charge in [0, 0.05) is 32.7 Å². The van der Waals surface area contributed by atoms with E-state index in [0.717, 1.165) is 77.2 Å². The third kappa shape index (κ3) is 4.24. The van der Waals surface area contributed by atoms with Crippen molar-refractivity contribution in [1.82, 2.24) is 9.13 Å². The van der Waals surface area contributed by atoms with E-state index < -0.39 is 0 Å². The SMILES string of the molecule is N#Cc1ccc2c(c1)c1ccccc1n2-c1cccc(-c2ccccc2-c2ccccc2-n2c3ccccc3c3ccc(C#N)cc32)c1C#N. The molecule has 0 spiro atoms. The van der Waals surface area contributed by atoms with Crippen molar-refractivity contribution >= 4 is 43.6 Å². The van der Waals surface area contributed by atoms with Gasteiger partial charge in [-0.05, 0) is 65.7 Å². The van der Waals surface area contributed by atoms with Gasteiger partial charge in [0.05, 0.1) is 62.3 Å². The van der Waals surface area contributed by atoms with Crippen LogP contribution in [0.15, 0.2) is 152 Å². The Morgan fingerprint density at radius 3 is 1.56 bits per heavy atom. The molecule has 0 aliphatic carbocycles. The molecule has 0 radical (unpaired) electrons. The van der Waals surface area contributed by atoms with Crippen molar-refractivity contribution in [2.75, 3.05) is 0 Å². The van der Waals surface area contributed by atoms with Crippen molar-refractivity contribution in [3.05, 3.63) is 168 Å². The first kappa shape index (κ1) is 28.8. The topological polar surface area (TPSA) is 81.2 Å². The monoisotopic (exact) mass is 635 g/mol. The number of fused-ring (bicyclic) bond motifs is 6. The maximum absolute atomic E-state index is 10.9. The summed E-state index contributed by atoms with van der Waals surface area (Å²) in [5.41, 5.74) is 11.2. The fourth-order valence-electron chi connectivity index (χ4n) is 7.52. The molecule has 0 amide bonds. The van der Waals surface area contributed by atoms with Crippen LogP contribution < -0.4 is 0 Å². The van der Waals surface area contributed by atoms with Gasteiger partial charge in [-0.2, -0.15) is 15.8 Å². The van der Waals surface area contributed by atoms with Crippen molar-refractivity contribution in [3.8, 4) is 51.8 Å². The molecular formula is C45H25N5. The molecule has 7 aromatic carbocycles. The Morgan fingerprint density at radius 1 is 0.340 bits per heavy atom. The van der Waals surface area contributed by atoms with Crippen LogP contribution >= 0.6 is 0 Å². The second-order valence-corrected chi connectivity index (χ2v) is 12.3. The Kier molecular flexibility index (Phi) is 6.56. The minimum atomic E-state index is 0.556. The van der Waals surface area contributed by atoms with Crippen molar-refractivity contribution in [2.24, 2.45) is 0 Å². The Hall–Kier alpha value is -7.39. The molecule has 0 atom stereocenters. The first-order chi connectivity index (χ1) is 24.7. The molecule has 5 heteroatoms. The van der Waals surface area contributed by atoms with Crippen molar-refractivity contribution in [3.63, 3.8) is 0 Å². The van der Waals surface area contributed by atoms with Crippen LogP contribution in [0.3, 0.4) is 0 Å². The number of benzene rings is 7. The molecule has 0 N–H and O–H groups in total. The summed E-state index contributed by atoms with van der Waals surface area (Å²) in [4.78, 5) is 0. The highest BCUT2D eigenvalue weighted by Gasteiger charge is 2.21. The number of hydrogen-bond acceptors (Lipinski definition) is 3. The van der Waals surface area contributed by atoms with Crippen molar-refractivity contribution in [2.45, 2.75) is 0 Å². The summed E-state index contributed by atoms with van der Waals surface area (Å²) in [6.07, 6.45) is 0. The number of nitriles is 3. The molecule has 9 rings (SSSR count). The van der Waals surface area contributed by atoms with Crippen LogP contribution in [0.2, 0.25) is 0 Å². The van der Waals surface area contributed by atoms with Gasteiger partial charge in [0.2, 0.25) is 0 Å². The van der Waals surface area contributed by atoms with Crippen LogP contribution in [-0.4, -0.2) is 9.13 Å². The summed E-state index contributed by atoms with van der Waals surface area (Å²) in [6, 6.07) is 57.8. The molecule has 5 nitrogen and oxygen atoms in total. The van der Waals surface area contributed by atoms with E-state index in [1.165, 1.54) is 0 Å². The second-order valence-electron chi connectivity index (χ2n) is 12.3. The van der Waals surface area contributed by atoms with E-state index in [-0.39, 0.29) is 0 Å². The number of hydrogen-bond donors (Lipinski definition) is 0. The zero-order chi connectivity index (χ0) is 33.8. The molecule has 0 bridgehead atoms. The van der Waals surface area contributed by atoms with E-state index in [1.54, 1.807) is 0 Å². The molecule has 0 fully saturated rings. The molecule has 0 unspecified atom stereocenters. The van der Waals surface area contributed by atoms with Gasteiger partial charge in [0.25, 0.3) is 0 Å². The summed E-state index contributed by atoms with van der Waals surface area (Å²) in [7, 11) is 0. The summed E-state index contributed by atoms with van der Waals surface area (Å²) in [5, 5.41) is 34.5. The normalized spacial score (nSPS) is 11.1. The highest BCUT2D eigenvalue weighted by molar-refractivity contribution is 6.11.